The Kier molecular flexibility index (Phi) is 6.36. The molecule has 1 fully saturated rings. The van der Waals surface area contributed by atoms with Crippen LogP contribution in [0.3, 0.4) is 0 Å². The fourth-order valence-corrected chi connectivity index (χ4v) is 5.97. The van der Waals surface area contributed by atoms with Crippen molar-refractivity contribution in [2.24, 2.45) is 11.8 Å². The van der Waals surface area contributed by atoms with E-state index in [4.69, 9.17) is 5.84 Å². The number of amides is 1. The summed E-state index contributed by atoms with van der Waals surface area (Å²) in [5.41, 5.74) is 3.81. The molecule has 0 aromatic heterocycles. The predicted molar refractivity (Wildman–Crippen MR) is 108 cm³/mol. The molecule has 0 spiro atoms. The summed E-state index contributed by atoms with van der Waals surface area (Å²) in [5, 5.41) is 0. The lowest BCUT2D eigenvalue weighted by molar-refractivity contribution is -0.122. The van der Waals surface area contributed by atoms with Gasteiger partial charge in [0, 0.05) is 12.5 Å². The first kappa shape index (κ1) is 21.4. The Balaban J connectivity index is 2.02. The van der Waals surface area contributed by atoms with Gasteiger partial charge >= 0.3 is 0 Å². The maximum atomic E-state index is 13.6. The summed E-state index contributed by atoms with van der Waals surface area (Å²) >= 11 is 0. The first-order valence-electron chi connectivity index (χ1n) is 9.59. The first-order valence-corrected chi connectivity index (χ1v) is 11.0. The maximum Gasteiger partial charge on any atom is 0.243 e. The first-order chi connectivity index (χ1) is 13.7. The fourth-order valence-electron chi connectivity index (χ4n) is 4.01. The van der Waals surface area contributed by atoms with Crippen LogP contribution in [0, 0.1) is 18.7 Å². The molecule has 1 aliphatic rings. The molecule has 2 aromatic rings. The number of hydrazine groups is 1. The van der Waals surface area contributed by atoms with Crippen molar-refractivity contribution in [3.05, 3.63) is 65.5 Å². The SMILES string of the molecule is Cc1ccc(S(=O)(=O)N2C(c3ccc(F)cc3)CCC2C(C)CC(=O)NN)cc1. The van der Waals surface area contributed by atoms with Crippen LogP contribution in [0.4, 0.5) is 4.39 Å². The number of nitrogens with two attached hydrogens (primary N) is 1. The second-order valence-electron chi connectivity index (χ2n) is 7.61. The smallest absolute Gasteiger partial charge is 0.243 e. The van der Waals surface area contributed by atoms with Crippen LogP contribution in [0.5, 0.6) is 0 Å². The number of aryl methyl sites for hydroxylation is 1. The van der Waals surface area contributed by atoms with Gasteiger partial charge in [-0.2, -0.15) is 4.31 Å². The van der Waals surface area contributed by atoms with Gasteiger partial charge < -0.3 is 0 Å². The second-order valence-corrected chi connectivity index (χ2v) is 9.45. The minimum absolute atomic E-state index is 0.122. The molecule has 3 N–H and O–H groups in total. The number of carbonyl (C=O) groups excluding carboxylic acids is 1. The predicted octanol–water partition coefficient (Wildman–Crippen LogP) is 3.04. The monoisotopic (exact) mass is 419 g/mol. The maximum absolute atomic E-state index is 13.6. The molecule has 1 aliphatic heterocycles. The van der Waals surface area contributed by atoms with Crippen molar-refractivity contribution in [2.45, 2.75) is 50.1 Å². The zero-order valence-electron chi connectivity index (χ0n) is 16.5. The topological polar surface area (TPSA) is 92.5 Å². The Morgan fingerprint density at radius 3 is 2.38 bits per heavy atom. The summed E-state index contributed by atoms with van der Waals surface area (Å²) in [6.45, 7) is 3.74. The van der Waals surface area contributed by atoms with E-state index in [0.717, 1.165) is 11.1 Å². The van der Waals surface area contributed by atoms with Gasteiger partial charge in [-0.1, -0.05) is 36.8 Å². The van der Waals surface area contributed by atoms with Crippen LogP contribution >= 0.6 is 0 Å². The number of nitrogens with zero attached hydrogens (tertiary/aromatic N) is 1. The van der Waals surface area contributed by atoms with Crippen molar-refractivity contribution in [2.75, 3.05) is 0 Å². The van der Waals surface area contributed by atoms with Crippen LogP contribution < -0.4 is 11.3 Å². The zero-order valence-corrected chi connectivity index (χ0v) is 17.3. The standard InChI is InChI=1S/C21H26FN3O3S/c1-14-3-9-18(10-4-14)29(27,28)25-19(15(2)13-21(26)24-23)11-12-20(25)16-5-7-17(22)8-6-16/h3-10,15,19-20H,11-13,23H2,1-2H3,(H,24,26). The van der Waals surface area contributed by atoms with E-state index in [9.17, 15) is 17.6 Å². The van der Waals surface area contributed by atoms with E-state index < -0.39 is 16.1 Å². The lowest BCUT2D eigenvalue weighted by Gasteiger charge is -2.33. The van der Waals surface area contributed by atoms with Gasteiger partial charge in [-0.3, -0.25) is 10.2 Å². The van der Waals surface area contributed by atoms with Gasteiger partial charge in [-0.25, -0.2) is 18.7 Å². The van der Waals surface area contributed by atoms with Crippen molar-refractivity contribution >= 4 is 15.9 Å². The van der Waals surface area contributed by atoms with Gasteiger partial charge in [0.25, 0.3) is 0 Å². The molecule has 3 atom stereocenters. The molecule has 3 unspecified atom stereocenters. The third kappa shape index (κ3) is 4.49. The highest BCUT2D eigenvalue weighted by Gasteiger charge is 2.45. The molecule has 2 aromatic carbocycles. The quantitative estimate of drug-likeness (QED) is 0.428. The average molecular weight is 420 g/mol. The Hall–Kier alpha value is -2.29. The van der Waals surface area contributed by atoms with E-state index in [-0.39, 0.29) is 35.0 Å². The molecule has 6 nitrogen and oxygen atoms in total. The van der Waals surface area contributed by atoms with Crippen molar-refractivity contribution in [1.82, 2.24) is 9.73 Å². The van der Waals surface area contributed by atoms with Crippen LogP contribution in [0.25, 0.3) is 0 Å². The highest BCUT2D eigenvalue weighted by molar-refractivity contribution is 7.89. The molecule has 1 amide bonds. The normalized spacial score (nSPS) is 21.1. The summed E-state index contributed by atoms with van der Waals surface area (Å²) in [6.07, 6.45) is 1.32. The lowest BCUT2D eigenvalue weighted by Crippen LogP contribution is -2.42. The Morgan fingerprint density at radius 1 is 1.17 bits per heavy atom. The Labute approximate surface area is 170 Å². The minimum Gasteiger partial charge on any atom is -0.294 e. The molecular formula is C21H26FN3O3S. The van der Waals surface area contributed by atoms with Gasteiger partial charge in [0.15, 0.2) is 0 Å². The van der Waals surface area contributed by atoms with Crippen molar-refractivity contribution in [3.8, 4) is 0 Å². The number of nitrogens with one attached hydrogen (secondary N) is 1. The molecule has 3 rings (SSSR count). The highest BCUT2D eigenvalue weighted by atomic mass is 32.2. The average Bonchev–Trinajstić information content (AvgIpc) is 3.15. The summed E-state index contributed by atoms with van der Waals surface area (Å²) in [6, 6.07) is 11.8. The summed E-state index contributed by atoms with van der Waals surface area (Å²) in [5.74, 6) is 4.27. The van der Waals surface area contributed by atoms with Gasteiger partial charge in [-0.05, 0) is 55.5 Å². The molecule has 0 radical (unpaired) electrons. The Bertz CT molecular complexity index is 962. The number of halogens is 1. The van der Waals surface area contributed by atoms with Crippen molar-refractivity contribution < 1.29 is 17.6 Å². The molecule has 1 heterocycles. The van der Waals surface area contributed by atoms with Crippen LogP contribution in [0.2, 0.25) is 0 Å². The van der Waals surface area contributed by atoms with Gasteiger partial charge in [0.1, 0.15) is 5.82 Å². The van der Waals surface area contributed by atoms with E-state index in [1.165, 1.54) is 16.4 Å². The molecule has 0 bridgehead atoms. The molecular weight excluding hydrogens is 393 g/mol. The van der Waals surface area contributed by atoms with Crippen LogP contribution in [0.15, 0.2) is 53.4 Å². The fraction of sp³-hybridized carbons (Fsp3) is 0.381. The van der Waals surface area contributed by atoms with Crippen LogP contribution in [-0.2, 0) is 14.8 Å². The summed E-state index contributed by atoms with van der Waals surface area (Å²) < 4.78 is 42.1. The molecule has 1 saturated heterocycles. The number of sulfonamides is 1. The third-order valence-electron chi connectivity index (χ3n) is 5.55. The molecule has 156 valence electrons. The highest BCUT2D eigenvalue weighted by Crippen LogP contribution is 2.43. The van der Waals surface area contributed by atoms with Crippen molar-refractivity contribution in [3.63, 3.8) is 0 Å². The summed E-state index contributed by atoms with van der Waals surface area (Å²) in [7, 11) is -3.82. The van der Waals surface area contributed by atoms with E-state index in [1.54, 1.807) is 36.4 Å². The molecule has 8 heteroatoms. The largest absolute Gasteiger partial charge is 0.294 e. The Morgan fingerprint density at radius 2 is 1.79 bits per heavy atom. The van der Waals surface area contributed by atoms with E-state index in [1.807, 2.05) is 13.8 Å². The van der Waals surface area contributed by atoms with Crippen LogP contribution in [-0.4, -0.2) is 24.7 Å². The van der Waals surface area contributed by atoms with Crippen LogP contribution in [0.1, 0.15) is 43.4 Å². The lowest BCUT2D eigenvalue weighted by atomic mass is 9.96. The minimum atomic E-state index is -3.82. The van der Waals surface area contributed by atoms with E-state index >= 15 is 0 Å². The molecule has 0 aliphatic carbocycles. The van der Waals surface area contributed by atoms with E-state index in [2.05, 4.69) is 5.43 Å². The van der Waals surface area contributed by atoms with Crippen molar-refractivity contribution in [1.29, 1.82) is 0 Å². The molecule has 0 saturated carbocycles. The summed E-state index contributed by atoms with van der Waals surface area (Å²) in [4.78, 5) is 12.0. The van der Waals surface area contributed by atoms with Gasteiger partial charge in [-0.15, -0.1) is 0 Å². The second kappa shape index (κ2) is 8.61. The number of rotatable bonds is 6. The van der Waals surface area contributed by atoms with E-state index in [0.29, 0.717) is 12.8 Å². The molecule has 29 heavy (non-hydrogen) atoms. The van der Waals surface area contributed by atoms with Gasteiger partial charge in [0.2, 0.25) is 15.9 Å². The number of hydrogen-bond donors (Lipinski definition) is 2. The zero-order chi connectivity index (χ0) is 21.2. The number of hydrogen-bond acceptors (Lipinski definition) is 4. The van der Waals surface area contributed by atoms with Gasteiger partial charge in [0.05, 0.1) is 10.9 Å². The number of benzene rings is 2. The third-order valence-corrected chi connectivity index (χ3v) is 7.49. The number of carbonyl (C=O) groups is 1.